The van der Waals surface area contributed by atoms with Gasteiger partial charge in [-0.25, -0.2) is 0 Å². The topological polar surface area (TPSA) is 52.7 Å². The van der Waals surface area contributed by atoms with E-state index in [1.54, 1.807) is 12.2 Å². The maximum atomic E-state index is 12.6. The summed E-state index contributed by atoms with van der Waals surface area (Å²) in [6.07, 6.45) is 7.00. The second-order valence-electron chi connectivity index (χ2n) is 11.9. The monoisotopic (exact) mass is 501 g/mol. The van der Waals surface area contributed by atoms with Crippen molar-refractivity contribution < 1.29 is 9.59 Å². The van der Waals surface area contributed by atoms with Gasteiger partial charge in [0.15, 0.2) is 0 Å². The number of nitrogens with one attached hydrogen (secondary N) is 1. The van der Waals surface area contributed by atoms with Crippen molar-refractivity contribution in [3.05, 3.63) is 82.9 Å². The number of hydrogen-bond donors (Lipinski definition) is 1. The summed E-state index contributed by atoms with van der Waals surface area (Å²) in [6.45, 7) is 17.5. The van der Waals surface area contributed by atoms with Crippen molar-refractivity contribution in [3.8, 4) is 0 Å². The summed E-state index contributed by atoms with van der Waals surface area (Å²) in [4.78, 5) is 29.0. The van der Waals surface area contributed by atoms with Gasteiger partial charge in [-0.3, -0.25) is 14.5 Å². The highest BCUT2D eigenvalue weighted by Crippen LogP contribution is 2.23. The molecule has 37 heavy (non-hydrogen) atoms. The van der Waals surface area contributed by atoms with Crippen LogP contribution in [0.15, 0.2) is 60.7 Å². The van der Waals surface area contributed by atoms with E-state index >= 15 is 0 Å². The van der Waals surface area contributed by atoms with Crippen LogP contribution in [0, 0.1) is 0 Å². The first-order valence-electron chi connectivity index (χ1n) is 13.3. The Balaban J connectivity index is 1.36. The summed E-state index contributed by atoms with van der Waals surface area (Å²) >= 11 is 0. The first-order valence-corrected chi connectivity index (χ1v) is 13.3. The van der Waals surface area contributed by atoms with Crippen LogP contribution in [0.1, 0.15) is 63.8 Å². The number of carbonyl (C=O) groups excluding carboxylic acids is 2. The molecule has 2 aromatic rings. The van der Waals surface area contributed by atoms with Gasteiger partial charge >= 0.3 is 0 Å². The first-order chi connectivity index (χ1) is 17.4. The van der Waals surface area contributed by atoms with Gasteiger partial charge in [0.25, 0.3) is 0 Å². The van der Waals surface area contributed by atoms with E-state index in [4.69, 9.17) is 0 Å². The van der Waals surface area contributed by atoms with Crippen LogP contribution in [0.4, 0.5) is 0 Å². The average Bonchev–Trinajstić information content (AvgIpc) is 2.86. The molecule has 0 atom stereocenters. The van der Waals surface area contributed by atoms with Crippen molar-refractivity contribution in [1.82, 2.24) is 15.1 Å². The Labute approximate surface area is 223 Å². The second kappa shape index (κ2) is 12.4. The lowest BCUT2D eigenvalue weighted by Gasteiger charge is -2.34. The summed E-state index contributed by atoms with van der Waals surface area (Å²) in [5, 5.41) is 2.96. The lowest BCUT2D eigenvalue weighted by Crippen LogP contribution is -2.49. The fourth-order valence-corrected chi connectivity index (χ4v) is 4.22. The van der Waals surface area contributed by atoms with Crippen LogP contribution in [-0.4, -0.2) is 60.9 Å². The lowest BCUT2D eigenvalue weighted by molar-refractivity contribution is -0.127. The molecule has 3 rings (SSSR count). The van der Waals surface area contributed by atoms with Gasteiger partial charge in [-0.05, 0) is 45.2 Å². The SMILES string of the molecule is CC(C)(C)c1ccc(C=CC(=O)NCCN2CCN(C(=O)C=Cc3ccc(C(C)(C)C)cc3)CC2)cc1. The first kappa shape index (κ1) is 28.4. The number of nitrogens with zero attached hydrogens (tertiary/aromatic N) is 2. The Bertz CT molecular complexity index is 1090. The van der Waals surface area contributed by atoms with Gasteiger partial charge in [0, 0.05) is 51.4 Å². The van der Waals surface area contributed by atoms with Crippen molar-refractivity contribution in [1.29, 1.82) is 0 Å². The van der Waals surface area contributed by atoms with Gasteiger partial charge < -0.3 is 10.2 Å². The summed E-state index contributed by atoms with van der Waals surface area (Å²) in [6, 6.07) is 16.7. The number of piperazine rings is 1. The van der Waals surface area contributed by atoms with Gasteiger partial charge in [-0.2, -0.15) is 0 Å². The van der Waals surface area contributed by atoms with E-state index in [2.05, 4.69) is 88.2 Å². The van der Waals surface area contributed by atoms with Crippen LogP contribution in [0.2, 0.25) is 0 Å². The number of benzene rings is 2. The minimum absolute atomic E-state index is 0.0496. The molecular weight excluding hydrogens is 458 g/mol. The highest BCUT2D eigenvalue weighted by Gasteiger charge is 2.19. The molecule has 2 amide bonds. The molecule has 1 aliphatic rings. The van der Waals surface area contributed by atoms with Gasteiger partial charge in [0.05, 0.1) is 0 Å². The van der Waals surface area contributed by atoms with E-state index in [1.165, 1.54) is 11.1 Å². The standard InChI is InChI=1S/C32H43N3O2/c1-31(2,3)27-13-7-25(8-14-27)11-17-29(36)33-19-20-34-21-23-35(24-22-34)30(37)18-12-26-9-15-28(16-10-26)32(4,5)6/h7-18H,19-24H2,1-6H3,(H,33,36). The lowest BCUT2D eigenvalue weighted by atomic mass is 9.87. The number of rotatable bonds is 7. The van der Waals surface area contributed by atoms with Crippen molar-refractivity contribution in [2.45, 2.75) is 52.4 Å². The predicted octanol–water partition coefficient (Wildman–Crippen LogP) is 5.27. The zero-order valence-electron chi connectivity index (χ0n) is 23.4. The van der Waals surface area contributed by atoms with Gasteiger partial charge in [-0.1, -0.05) is 90.1 Å². The third-order valence-electron chi connectivity index (χ3n) is 6.81. The van der Waals surface area contributed by atoms with Crippen LogP contribution in [-0.2, 0) is 20.4 Å². The number of hydrogen-bond acceptors (Lipinski definition) is 3. The van der Waals surface area contributed by atoms with E-state index in [1.807, 2.05) is 29.2 Å². The molecule has 0 bridgehead atoms. The van der Waals surface area contributed by atoms with Gasteiger partial charge in [0.1, 0.15) is 0 Å². The normalized spacial score (nSPS) is 15.5. The highest BCUT2D eigenvalue weighted by atomic mass is 16.2. The molecule has 5 heteroatoms. The molecule has 198 valence electrons. The van der Waals surface area contributed by atoms with Crippen LogP contribution < -0.4 is 5.32 Å². The van der Waals surface area contributed by atoms with E-state index in [-0.39, 0.29) is 22.6 Å². The van der Waals surface area contributed by atoms with Crippen LogP contribution in [0.25, 0.3) is 12.2 Å². The molecule has 0 saturated carbocycles. The van der Waals surface area contributed by atoms with Crippen molar-refractivity contribution in [2.24, 2.45) is 0 Å². The van der Waals surface area contributed by atoms with E-state index in [0.717, 1.165) is 30.8 Å². The molecule has 0 spiro atoms. The molecule has 0 aromatic heterocycles. The Morgan fingerprint density at radius 1 is 0.730 bits per heavy atom. The molecule has 2 aromatic carbocycles. The molecule has 1 aliphatic heterocycles. The fraction of sp³-hybridized carbons (Fsp3) is 0.438. The third-order valence-corrected chi connectivity index (χ3v) is 6.81. The zero-order chi connectivity index (χ0) is 27.1. The highest BCUT2D eigenvalue weighted by molar-refractivity contribution is 5.92. The Morgan fingerprint density at radius 2 is 1.19 bits per heavy atom. The Morgan fingerprint density at radius 3 is 1.65 bits per heavy atom. The number of amides is 2. The number of carbonyl (C=O) groups is 2. The molecule has 0 radical (unpaired) electrons. The molecular formula is C32H43N3O2. The molecule has 5 nitrogen and oxygen atoms in total. The van der Waals surface area contributed by atoms with Crippen LogP contribution >= 0.6 is 0 Å². The summed E-state index contributed by atoms with van der Waals surface area (Å²) in [5.41, 5.74) is 4.85. The van der Waals surface area contributed by atoms with Crippen molar-refractivity contribution in [3.63, 3.8) is 0 Å². The zero-order valence-corrected chi connectivity index (χ0v) is 23.4. The average molecular weight is 502 g/mol. The van der Waals surface area contributed by atoms with Crippen molar-refractivity contribution >= 4 is 24.0 Å². The van der Waals surface area contributed by atoms with E-state index in [9.17, 15) is 9.59 Å². The molecule has 0 unspecified atom stereocenters. The molecule has 0 aliphatic carbocycles. The molecule has 1 saturated heterocycles. The third kappa shape index (κ3) is 9.01. The Hall–Kier alpha value is -3.18. The van der Waals surface area contributed by atoms with Gasteiger partial charge in [-0.15, -0.1) is 0 Å². The molecule has 1 N–H and O–H groups in total. The smallest absolute Gasteiger partial charge is 0.246 e. The van der Waals surface area contributed by atoms with E-state index in [0.29, 0.717) is 19.6 Å². The largest absolute Gasteiger partial charge is 0.351 e. The van der Waals surface area contributed by atoms with Gasteiger partial charge in [0.2, 0.25) is 11.8 Å². The molecule has 1 fully saturated rings. The summed E-state index contributed by atoms with van der Waals surface area (Å²) in [7, 11) is 0. The minimum atomic E-state index is -0.0885. The van der Waals surface area contributed by atoms with E-state index < -0.39 is 0 Å². The molecule has 1 heterocycles. The van der Waals surface area contributed by atoms with Crippen LogP contribution in [0.5, 0.6) is 0 Å². The minimum Gasteiger partial charge on any atom is -0.351 e. The van der Waals surface area contributed by atoms with Crippen LogP contribution in [0.3, 0.4) is 0 Å². The van der Waals surface area contributed by atoms with Crippen molar-refractivity contribution in [2.75, 3.05) is 39.3 Å². The maximum absolute atomic E-state index is 12.6. The predicted molar refractivity (Wildman–Crippen MR) is 154 cm³/mol. The summed E-state index contributed by atoms with van der Waals surface area (Å²) in [5.74, 6) is -0.0390. The Kier molecular flexibility index (Phi) is 9.50. The summed E-state index contributed by atoms with van der Waals surface area (Å²) < 4.78 is 0. The quantitative estimate of drug-likeness (QED) is 0.526. The maximum Gasteiger partial charge on any atom is 0.246 e. The fourth-order valence-electron chi connectivity index (χ4n) is 4.22. The second-order valence-corrected chi connectivity index (χ2v) is 11.9.